The summed E-state index contributed by atoms with van der Waals surface area (Å²) in [5.41, 5.74) is 6.00. The van der Waals surface area contributed by atoms with Gasteiger partial charge in [0.1, 0.15) is 29.6 Å². The lowest BCUT2D eigenvalue weighted by molar-refractivity contribution is -0.136. The highest BCUT2D eigenvalue weighted by atomic mass is 32.1. The maximum absolute atomic E-state index is 14.0. The Hall–Kier alpha value is -3.69. The number of hydrogen-bond donors (Lipinski definition) is 1. The van der Waals surface area contributed by atoms with Gasteiger partial charge in [-0.15, -0.1) is 32.9 Å². The number of carbonyl (C=O) groups is 1. The van der Waals surface area contributed by atoms with Gasteiger partial charge in [-0.2, -0.15) is 0 Å². The van der Waals surface area contributed by atoms with Crippen LogP contribution in [0.3, 0.4) is 0 Å². The molecule has 2 aromatic carbocycles. The van der Waals surface area contributed by atoms with E-state index < -0.39 is 11.8 Å². The van der Waals surface area contributed by atoms with Crippen molar-refractivity contribution >= 4 is 38.7 Å². The number of carboxylic acids is 1. The van der Waals surface area contributed by atoms with Crippen molar-refractivity contribution in [3.8, 4) is 28.3 Å². The molecule has 0 aliphatic heterocycles. The van der Waals surface area contributed by atoms with Crippen molar-refractivity contribution in [1.29, 1.82) is 0 Å². The summed E-state index contributed by atoms with van der Waals surface area (Å²) in [7, 11) is 0. The first kappa shape index (κ1) is 21.2. The van der Waals surface area contributed by atoms with Crippen LogP contribution in [0.1, 0.15) is 11.3 Å². The minimum Gasteiger partial charge on any atom is -0.486 e. The Morgan fingerprint density at radius 2 is 1.88 bits per heavy atom. The molecular weight excluding hydrogens is 461 g/mol. The molecular formula is C24H16FN3O3S2. The van der Waals surface area contributed by atoms with Crippen molar-refractivity contribution in [3.05, 3.63) is 81.9 Å². The van der Waals surface area contributed by atoms with Crippen LogP contribution >= 0.6 is 22.7 Å². The minimum absolute atomic E-state index is 0.0347. The smallest absolute Gasteiger partial charge is 0.307 e. The van der Waals surface area contributed by atoms with Crippen LogP contribution < -0.4 is 4.74 Å². The third-order valence-corrected chi connectivity index (χ3v) is 6.58. The molecule has 0 aliphatic carbocycles. The van der Waals surface area contributed by atoms with Gasteiger partial charge in [0.25, 0.3) is 0 Å². The van der Waals surface area contributed by atoms with Gasteiger partial charge in [0.05, 0.1) is 22.3 Å². The number of fused-ring (bicyclic) bond motifs is 1. The number of rotatable bonds is 7. The molecule has 0 saturated heterocycles. The van der Waals surface area contributed by atoms with Crippen molar-refractivity contribution in [2.24, 2.45) is 0 Å². The monoisotopic (exact) mass is 477 g/mol. The normalized spacial score (nSPS) is 11.1. The van der Waals surface area contributed by atoms with E-state index in [0.29, 0.717) is 28.3 Å². The zero-order valence-electron chi connectivity index (χ0n) is 17.1. The lowest BCUT2D eigenvalue weighted by Gasteiger charge is -2.12. The summed E-state index contributed by atoms with van der Waals surface area (Å²) in [5, 5.41) is 22.7. The highest BCUT2D eigenvalue weighted by Crippen LogP contribution is 2.39. The summed E-state index contributed by atoms with van der Waals surface area (Å²) < 4.78 is 20.8. The van der Waals surface area contributed by atoms with Crippen molar-refractivity contribution in [1.82, 2.24) is 15.2 Å². The second-order valence-electron chi connectivity index (χ2n) is 7.24. The average Bonchev–Trinajstić information content (AvgIpc) is 3.50. The van der Waals surface area contributed by atoms with Crippen molar-refractivity contribution in [2.45, 2.75) is 13.0 Å². The largest absolute Gasteiger partial charge is 0.486 e. The first-order valence-corrected chi connectivity index (χ1v) is 11.8. The number of nitrogens with zero attached hydrogens (tertiary/aromatic N) is 3. The predicted molar refractivity (Wildman–Crippen MR) is 126 cm³/mol. The number of carboxylic acid groups (broad SMARTS) is 1. The summed E-state index contributed by atoms with van der Waals surface area (Å²) in [6, 6.07) is 13.6. The molecule has 0 bridgehead atoms. The Labute approximate surface area is 196 Å². The number of aromatic nitrogens is 3. The zero-order chi connectivity index (χ0) is 22.8. The molecule has 0 atom stereocenters. The maximum Gasteiger partial charge on any atom is 0.307 e. The van der Waals surface area contributed by atoms with E-state index in [0.717, 1.165) is 21.3 Å². The van der Waals surface area contributed by atoms with Crippen molar-refractivity contribution < 1.29 is 19.0 Å². The van der Waals surface area contributed by atoms with E-state index in [1.54, 1.807) is 23.7 Å². The van der Waals surface area contributed by atoms with Crippen LogP contribution in [0.5, 0.6) is 5.75 Å². The quantitative estimate of drug-likeness (QED) is 0.318. The van der Waals surface area contributed by atoms with Gasteiger partial charge in [0.15, 0.2) is 0 Å². The second kappa shape index (κ2) is 9.05. The van der Waals surface area contributed by atoms with Gasteiger partial charge in [-0.05, 0) is 29.1 Å². The van der Waals surface area contributed by atoms with Crippen LogP contribution in [-0.4, -0.2) is 26.3 Å². The third-order valence-electron chi connectivity index (χ3n) is 5.03. The Morgan fingerprint density at radius 1 is 1.06 bits per heavy atom. The summed E-state index contributed by atoms with van der Waals surface area (Å²) >= 11 is 2.99. The fraction of sp³-hybridized carbons (Fsp3) is 0.0833. The van der Waals surface area contributed by atoms with Crippen LogP contribution in [0.4, 0.5) is 4.39 Å². The molecule has 33 heavy (non-hydrogen) atoms. The van der Waals surface area contributed by atoms with Crippen LogP contribution in [0, 0.1) is 5.82 Å². The SMILES string of the molecule is O=C(O)Cc1ccc(-c2nnc(-c3ccc(F)cc3OCc3cscn3)c3sccc23)cc1. The highest BCUT2D eigenvalue weighted by molar-refractivity contribution is 7.17. The molecule has 0 aliphatic rings. The zero-order valence-corrected chi connectivity index (χ0v) is 18.7. The molecule has 5 aromatic rings. The number of hydrogen-bond acceptors (Lipinski definition) is 7. The van der Waals surface area contributed by atoms with E-state index in [1.165, 1.54) is 34.8 Å². The molecule has 0 unspecified atom stereocenters. The Kier molecular flexibility index (Phi) is 5.80. The van der Waals surface area contributed by atoms with Crippen molar-refractivity contribution in [2.75, 3.05) is 0 Å². The summed E-state index contributed by atoms with van der Waals surface area (Å²) in [6.07, 6.45) is -0.0347. The van der Waals surface area contributed by atoms with Gasteiger partial charge in [-0.25, -0.2) is 9.37 Å². The van der Waals surface area contributed by atoms with Crippen LogP contribution in [0.2, 0.25) is 0 Å². The molecule has 0 spiro atoms. The Morgan fingerprint density at radius 3 is 2.64 bits per heavy atom. The van der Waals surface area contributed by atoms with E-state index in [2.05, 4.69) is 15.2 Å². The minimum atomic E-state index is -0.876. The second-order valence-corrected chi connectivity index (χ2v) is 8.87. The molecule has 3 aromatic heterocycles. The van der Waals surface area contributed by atoms with Gasteiger partial charge < -0.3 is 9.84 Å². The van der Waals surface area contributed by atoms with Crippen LogP contribution in [0.25, 0.3) is 32.6 Å². The fourth-order valence-corrected chi connectivity index (χ4v) is 4.93. The Bertz CT molecular complexity index is 1430. The van der Waals surface area contributed by atoms with Gasteiger partial charge >= 0.3 is 5.97 Å². The number of ether oxygens (including phenoxy) is 1. The van der Waals surface area contributed by atoms with Gasteiger partial charge in [0.2, 0.25) is 0 Å². The highest BCUT2D eigenvalue weighted by Gasteiger charge is 2.18. The number of halogens is 1. The lowest BCUT2D eigenvalue weighted by Crippen LogP contribution is -2.00. The van der Waals surface area contributed by atoms with Gasteiger partial charge in [-0.1, -0.05) is 24.3 Å². The molecule has 0 saturated carbocycles. The van der Waals surface area contributed by atoms with Crippen LogP contribution in [-0.2, 0) is 17.8 Å². The van der Waals surface area contributed by atoms with E-state index in [4.69, 9.17) is 9.84 Å². The van der Waals surface area contributed by atoms with Crippen LogP contribution in [0.15, 0.2) is 64.8 Å². The molecule has 3 heterocycles. The number of thiazole rings is 1. The molecule has 0 amide bonds. The molecule has 5 rings (SSSR count). The molecule has 9 heteroatoms. The van der Waals surface area contributed by atoms with Crippen molar-refractivity contribution in [3.63, 3.8) is 0 Å². The van der Waals surface area contributed by atoms with E-state index in [1.807, 2.05) is 29.0 Å². The maximum atomic E-state index is 14.0. The number of thiophene rings is 1. The Balaban J connectivity index is 1.53. The summed E-state index contributed by atoms with van der Waals surface area (Å²) in [4.78, 5) is 15.1. The summed E-state index contributed by atoms with van der Waals surface area (Å²) in [6.45, 7) is 0.224. The molecule has 164 valence electrons. The first-order valence-electron chi connectivity index (χ1n) is 9.93. The van der Waals surface area contributed by atoms with E-state index in [-0.39, 0.29) is 13.0 Å². The van der Waals surface area contributed by atoms with Gasteiger partial charge in [0, 0.05) is 28.0 Å². The fourth-order valence-electron chi connectivity index (χ4n) is 3.49. The number of aliphatic carboxylic acids is 1. The standard InChI is InChI=1S/C24H16FN3O3S2/c25-16-5-6-18(20(10-16)31-11-17-12-32-13-26-17)23-24-19(7-8-33-24)22(27-28-23)15-3-1-14(2-4-15)9-21(29)30/h1-8,10,12-13H,9,11H2,(H,29,30). The molecule has 6 nitrogen and oxygen atoms in total. The van der Waals surface area contributed by atoms with E-state index >= 15 is 0 Å². The average molecular weight is 478 g/mol. The topological polar surface area (TPSA) is 85.2 Å². The van der Waals surface area contributed by atoms with Gasteiger partial charge in [-0.3, -0.25) is 4.79 Å². The molecule has 0 radical (unpaired) electrons. The predicted octanol–water partition coefficient (Wildman–Crippen LogP) is 5.83. The third kappa shape index (κ3) is 4.46. The molecule has 0 fully saturated rings. The van der Waals surface area contributed by atoms with E-state index in [9.17, 15) is 9.18 Å². The lowest BCUT2D eigenvalue weighted by atomic mass is 10.0. The molecule has 1 N–H and O–H groups in total. The summed E-state index contributed by atoms with van der Waals surface area (Å²) in [5.74, 6) is -0.905. The first-order chi connectivity index (χ1) is 16.1. The number of benzene rings is 2.